The first-order valence-corrected chi connectivity index (χ1v) is 4.56. The maximum absolute atomic E-state index is 11.3. The average Bonchev–Trinajstić information content (AvgIpc) is 2.18. The second-order valence-corrected chi connectivity index (χ2v) is 3.02. The van der Waals surface area contributed by atoms with E-state index in [1.807, 2.05) is 0 Å². The molecule has 0 aliphatic heterocycles. The summed E-state index contributed by atoms with van der Waals surface area (Å²) in [5, 5.41) is 18.0. The fourth-order valence-electron chi connectivity index (χ4n) is 1.13. The van der Waals surface area contributed by atoms with E-state index in [9.17, 15) is 4.79 Å². The number of ether oxygens (including phenoxy) is 1. The number of nitrogens with zero attached hydrogens (tertiary/aromatic N) is 1. The van der Waals surface area contributed by atoms with Crippen LogP contribution in [0, 0.1) is 6.92 Å². The molecule has 0 aliphatic rings. The lowest BCUT2D eigenvalue weighted by Gasteiger charge is -2.06. The minimum atomic E-state index is -1.61. The number of hydrogen-bond donors (Lipinski definition) is 2. The molecule has 0 radical (unpaired) electrons. The van der Waals surface area contributed by atoms with Crippen molar-refractivity contribution in [2.75, 3.05) is 6.61 Å². The van der Waals surface area contributed by atoms with Crippen LogP contribution in [0.3, 0.4) is 0 Å². The summed E-state index contributed by atoms with van der Waals surface area (Å²) < 4.78 is 4.74. The Labute approximate surface area is 87.9 Å². The third kappa shape index (κ3) is 2.77. The molecule has 15 heavy (non-hydrogen) atoms. The van der Waals surface area contributed by atoms with E-state index in [2.05, 4.69) is 4.98 Å². The molecular formula is C9H12BNO4. The summed E-state index contributed by atoms with van der Waals surface area (Å²) in [6, 6.07) is 1.32. The van der Waals surface area contributed by atoms with Gasteiger partial charge in [-0.1, -0.05) is 0 Å². The zero-order valence-electron chi connectivity index (χ0n) is 8.60. The van der Waals surface area contributed by atoms with Gasteiger partial charge in [0.2, 0.25) is 0 Å². The maximum Gasteiger partial charge on any atom is 0.488 e. The van der Waals surface area contributed by atoms with Crippen molar-refractivity contribution in [2.24, 2.45) is 0 Å². The van der Waals surface area contributed by atoms with E-state index >= 15 is 0 Å². The van der Waals surface area contributed by atoms with Crippen molar-refractivity contribution < 1.29 is 19.6 Å². The molecule has 80 valence electrons. The van der Waals surface area contributed by atoms with Gasteiger partial charge in [0.25, 0.3) is 0 Å². The predicted octanol–water partition coefficient (Wildman–Crippen LogP) is -0.753. The van der Waals surface area contributed by atoms with Crippen LogP contribution in [0.25, 0.3) is 0 Å². The van der Waals surface area contributed by atoms with Gasteiger partial charge in [-0.2, -0.15) is 0 Å². The van der Waals surface area contributed by atoms with Crippen molar-refractivity contribution in [2.45, 2.75) is 13.8 Å². The van der Waals surface area contributed by atoms with Gasteiger partial charge < -0.3 is 14.8 Å². The number of carbonyl (C=O) groups excluding carboxylic acids is 1. The van der Waals surface area contributed by atoms with Gasteiger partial charge in [0, 0.05) is 6.20 Å². The molecule has 0 aliphatic carbocycles. The minimum Gasteiger partial charge on any atom is -0.461 e. The van der Waals surface area contributed by atoms with Crippen LogP contribution in [0.5, 0.6) is 0 Å². The van der Waals surface area contributed by atoms with Crippen molar-refractivity contribution in [3.63, 3.8) is 0 Å². The number of esters is 1. The van der Waals surface area contributed by atoms with Crippen LogP contribution in [0.4, 0.5) is 0 Å². The molecule has 5 nitrogen and oxygen atoms in total. The lowest BCUT2D eigenvalue weighted by atomic mass is 9.78. The van der Waals surface area contributed by atoms with Crippen molar-refractivity contribution in [1.29, 1.82) is 0 Å². The lowest BCUT2D eigenvalue weighted by Crippen LogP contribution is -2.33. The van der Waals surface area contributed by atoms with Crippen molar-refractivity contribution >= 4 is 18.6 Å². The fourth-order valence-corrected chi connectivity index (χ4v) is 1.13. The van der Waals surface area contributed by atoms with Gasteiger partial charge in [0.15, 0.2) is 0 Å². The summed E-state index contributed by atoms with van der Waals surface area (Å²) in [4.78, 5) is 15.1. The quantitative estimate of drug-likeness (QED) is 0.505. The molecule has 0 atom stereocenters. The van der Waals surface area contributed by atoms with Gasteiger partial charge in [-0.3, -0.25) is 0 Å². The highest BCUT2D eigenvalue weighted by Crippen LogP contribution is 1.99. The zero-order valence-corrected chi connectivity index (χ0v) is 8.60. The van der Waals surface area contributed by atoms with E-state index in [4.69, 9.17) is 14.8 Å². The Kier molecular flexibility index (Phi) is 3.82. The van der Waals surface area contributed by atoms with E-state index in [0.29, 0.717) is 5.56 Å². The third-order valence-electron chi connectivity index (χ3n) is 1.91. The molecule has 0 spiro atoms. The summed E-state index contributed by atoms with van der Waals surface area (Å²) in [5.41, 5.74) is 0.941. The van der Waals surface area contributed by atoms with Crippen LogP contribution in [0.1, 0.15) is 23.0 Å². The number of rotatable bonds is 3. The Balaban J connectivity index is 3.02. The van der Waals surface area contributed by atoms with Crippen LogP contribution < -0.4 is 5.46 Å². The van der Waals surface area contributed by atoms with Crippen LogP contribution in [-0.2, 0) is 4.74 Å². The van der Waals surface area contributed by atoms with Crippen molar-refractivity contribution in [3.8, 4) is 0 Å². The molecular weight excluding hydrogens is 197 g/mol. The first-order chi connectivity index (χ1) is 7.06. The number of aryl methyl sites for hydroxylation is 1. The summed E-state index contributed by atoms with van der Waals surface area (Å²) in [6.07, 6.45) is 1.40. The molecule has 0 aromatic carbocycles. The monoisotopic (exact) mass is 209 g/mol. The van der Waals surface area contributed by atoms with Gasteiger partial charge in [-0.15, -0.1) is 0 Å². The number of carbonyl (C=O) groups is 1. The Morgan fingerprint density at radius 1 is 1.60 bits per heavy atom. The Hall–Kier alpha value is -1.40. The summed E-state index contributed by atoms with van der Waals surface area (Å²) >= 11 is 0. The van der Waals surface area contributed by atoms with E-state index in [1.54, 1.807) is 13.8 Å². The first kappa shape index (κ1) is 11.7. The predicted molar refractivity (Wildman–Crippen MR) is 54.8 cm³/mol. The molecule has 1 aromatic rings. The highest BCUT2D eigenvalue weighted by molar-refractivity contribution is 6.59. The van der Waals surface area contributed by atoms with Gasteiger partial charge in [-0.25, -0.2) is 9.78 Å². The Morgan fingerprint density at radius 2 is 2.27 bits per heavy atom. The van der Waals surface area contributed by atoms with Crippen molar-refractivity contribution in [3.05, 3.63) is 23.5 Å². The second-order valence-electron chi connectivity index (χ2n) is 3.02. The van der Waals surface area contributed by atoms with Gasteiger partial charge in [-0.05, 0) is 30.9 Å². The summed E-state index contributed by atoms with van der Waals surface area (Å²) in [7, 11) is -1.61. The molecule has 1 heterocycles. The normalized spacial score (nSPS) is 9.87. The molecule has 0 saturated carbocycles. The maximum atomic E-state index is 11.3. The highest BCUT2D eigenvalue weighted by Gasteiger charge is 2.18. The van der Waals surface area contributed by atoms with Crippen LogP contribution in [0.2, 0.25) is 0 Å². The molecule has 0 unspecified atom stereocenters. The fraction of sp³-hybridized carbons (Fsp3) is 0.333. The number of pyridine rings is 1. The summed E-state index contributed by atoms with van der Waals surface area (Å²) in [5.74, 6) is -0.570. The lowest BCUT2D eigenvalue weighted by molar-refractivity contribution is 0.0519. The highest BCUT2D eigenvalue weighted by atomic mass is 16.5. The second kappa shape index (κ2) is 4.90. The SMILES string of the molecule is CCOC(=O)c1cc(B(O)O)c(C)cn1. The Morgan fingerprint density at radius 3 is 2.80 bits per heavy atom. The molecule has 0 bridgehead atoms. The van der Waals surface area contributed by atoms with Gasteiger partial charge >= 0.3 is 13.1 Å². The topological polar surface area (TPSA) is 79.7 Å². The molecule has 1 aromatic heterocycles. The molecule has 6 heteroatoms. The number of hydrogen-bond acceptors (Lipinski definition) is 5. The summed E-state index contributed by atoms with van der Waals surface area (Å²) in [6.45, 7) is 3.62. The first-order valence-electron chi connectivity index (χ1n) is 4.56. The zero-order chi connectivity index (χ0) is 11.4. The van der Waals surface area contributed by atoms with E-state index in [1.165, 1.54) is 12.3 Å². The third-order valence-corrected chi connectivity index (χ3v) is 1.91. The largest absolute Gasteiger partial charge is 0.488 e. The molecule has 0 saturated heterocycles. The van der Waals surface area contributed by atoms with Crippen LogP contribution in [0.15, 0.2) is 12.3 Å². The van der Waals surface area contributed by atoms with Crippen molar-refractivity contribution in [1.82, 2.24) is 4.98 Å². The van der Waals surface area contributed by atoms with E-state index in [-0.39, 0.29) is 17.8 Å². The Bertz CT molecular complexity index is 367. The molecule has 2 N–H and O–H groups in total. The van der Waals surface area contributed by atoms with E-state index in [0.717, 1.165) is 0 Å². The molecule has 0 fully saturated rings. The molecule has 0 amide bonds. The van der Waals surface area contributed by atoms with Gasteiger partial charge in [0.05, 0.1) is 6.61 Å². The molecule has 1 rings (SSSR count). The van der Waals surface area contributed by atoms with Crippen LogP contribution in [-0.4, -0.2) is 34.7 Å². The minimum absolute atomic E-state index is 0.0746. The standard InChI is InChI=1S/C9H12BNO4/c1-3-15-9(12)8-4-7(10(13)14)6(2)5-11-8/h4-5,13-14H,3H2,1-2H3. The van der Waals surface area contributed by atoms with Crippen LogP contribution >= 0.6 is 0 Å². The number of aromatic nitrogens is 1. The van der Waals surface area contributed by atoms with Gasteiger partial charge in [0.1, 0.15) is 5.69 Å². The smallest absolute Gasteiger partial charge is 0.461 e. The van der Waals surface area contributed by atoms with E-state index < -0.39 is 13.1 Å². The average molecular weight is 209 g/mol.